The summed E-state index contributed by atoms with van der Waals surface area (Å²) in [6.45, 7) is 2.17. The third kappa shape index (κ3) is 3.73. The molecule has 0 aliphatic heterocycles. The number of aromatic nitrogens is 2. The SMILES string of the molecule is Cc1ccc2c(c1)c1ccccc1n2-c1ccc(-c2ccc3c(c2)c2c(n3-c3ccc4ccccc4c3)=CCCC=2)cc1. The minimum atomic E-state index is 1.08. The van der Waals surface area contributed by atoms with Crippen molar-refractivity contribution in [2.24, 2.45) is 0 Å². The van der Waals surface area contributed by atoms with Crippen LogP contribution in [0.3, 0.4) is 0 Å². The van der Waals surface area contributed by atoms with Gasteiger partial charge >= 0.3 is 0 Å². The smallest absolute Gasteiger partial charge is 0.0541 e. The molecule has 0 unspecified atom stereocenters. The van der Waals surface area contributed by atoms with E-state index in [-0.39, 0.29) is 0 Å². The van der Waals surface area contributed by atoms with Crippen molar-refractivity contribution in [3.05, 3.63) is 144 Å². The summed E-state index contributed by atoms with van der Waals surface area (Å²) in [5.74, 6) is 0. The Hall–Kier alpha value is -5.34. The molecule has 0 fully saturated rings. The first-order chi connectivity index (χ1) is 21.2. The zero-order valence-electron chi connectivity index (χ0n) is 24.1. The molecule has 204 valence electrons. The Morgan fingerprint density at radius 2 is 1.16 bits per heavy atom. The van der Waals surface area contributed by atoms with Gasteiger partial charge in [0.2, 0.25) is 0 Å². The molecule has 0 spiro atoms. The molecule has 6 aromatic carbocycles. The fraction of sp³-hybridized carbons (Fsp3) is 0.0732. The van der Waals surface area contributed by atoms with Crippen LogP contribution in [-0.2, 0) is 0 Å². The minimum Gasteiger partial charge on any atom is -0.310 e. The molecule has 2 heteroatoms. The van der Waals surface area contributed by atoms with Gasteiger partial charge in [0.25, 0.3) is 0 Å². The third-order valence-electron chi connectivity index (χ3n) is 9.18. The molecule has 9 rings (SSSR count). The van der Waals surface area contributed by atoms with E-state index in [0.29, 0.717) is 0 Å². The molecular formula is C41H30N2. The molecule has 2 nitrogen and oxygen atoms in total. The normalized spacial score (nSPS) is 13.0. The number of fused-ring (bicyclic) bond motifs is 7. The van der Waals surface area contributed by atoms with Gasteiger partial charge in [0.05, 0.1) is 16.6 Å². The predicted molar refractivity (Wildman–Crippen MR) is 183 cm³/mol. The fourth-order valence-corrected chi connectivity index (χ4v) is 7.14. The second-order valence-corrected chi connectivity index (χ2v) is 11.8. The molecular weight excluding hydrogens is 520 g/mol. The summed E-state index contributed by atoms with van der Waals surface area (Å²) in [6.07, 6.45) is 6.99. The first-order valence-electron chi connectivity index (χ1n) is 15.2. The monoisotopic (exact) mass is 550 g/mol. The van der Waals surface area contributed by atoms with Crippen LogP contribution in [0, 0.1) is 6.92 Å². The molecule has 0 atom stereocenters. The average Bonchev–Trinajstić information content (AvgIpc) is 3.57. The lowest BCUT2D eigenvalue weighted by molar-refractivity contribution is 1.03. The molecule has 1 aliphatic carbocycles. The van der Waals surface area contributed by atoms with Crippen molar-refractivity contribution < 1.29 is 0 Å². The highest BCUT2D eigenvalue weighted by Crippen LogP contribution is 2.34. The topological polar surface area (TPSA) is 9.86 Å². The van der Waals surface area contributed by atoms with E-state index in [0.717, 1.165) is 12.8 Å². The maximum atomic E-state index is 2.45. The second kappa shape index (κ2) is 9.34. The molecule has 0 N–H and O–H groups in total. The number of benzene rings is 6. The zero-order valence-corrected chi connectivity index (χ0v) is 24.1. The van der Waals surface area contributed by atoms with Crippen molar-refractivity contribution in [3.63, 3.8) is 0 Å². The van der Waals surface area contributed by atoms with Crippen LogP contribution in [0.15, 0.2) is 127 Å². The van der Waals surface area contributed by atoms with E-state index in [1.54, 1.807) is 0 Å². The lowest BCUT2D eigenvalue weighted by atomic mass is 10.0. The van der Waals surface area contributed by atoms with Gasteiger partial charge in [-0.05, 0) is 96.3 Å². The van der Waals surface area contributed by atoms with Crippen molar-refractivity contribution in [2.75, 3.05) is 0 Å². The Morgan fingerprint density at radius 3 is 2.07 bits per heavy atom. The van der Waals surface area contributed by atoms with Gasteiger partial charge in [-0.15, -0.1) is 0 Å². The second-order valence-electron chi connectivity index (χ2n) is 11.8. The van der Waals surface area contributed by atoms with Crippen molar-refractivity contribution in [1.82, 2.24) is 9.13 Å². The van der Waals surface area contributed by atoms with Gasteiger partial charge in [-0.2, -0.15) is 0 Å². The minimum absolute atomic E-state index is 1.08. The highest BCUT2D eigenvalue weighted by atomic mass is 15.0. The van der Waals surface area contributed by atoms with Crippen molar-refractivity contribution in [3.8, 4) is 22.5 Å². The molecule has 8 aromatic rings. The molecule has 0 bridgehead atoms. The summed E-state index contributed by atoms with van der Waals surface area (Å²) < 4.78 is 4.84. The molecule has 0 radical (unpaired) electrons. The zero-order chi connectivity index (χ0) is 28.5. The average molecular weight is 551 g/mol. The quantitative estimate of drug-likeness (QED) is 0.208. The Kier molecular flexibility index (Phi) is 5.27. The van der Waals surface area contributed by atoms with E-state index in [9.17, 15) is 0 Å². The molecule has 1 aliphatic rings. The Morgan fingerprint density at radius 1 is 0.465 bits per heavy atom. The van der Waals surface area contributed by atoms with Crippen LogP contribution in [0.4, 0.5) is 0 Å². The van der Waals surface area contributed by atoms with E-state index in [4.69, 9.17) is 0 Å². The Labute approximate surface area is 250 Å². The summed E-state index contributed by atoms with van der Waals surface area (Å²) in [5.41, 5.74) is 9.91. The highest BCUT2D eigenvalue weighted by Gasteiger charge is 2.15. The summed E-state index contributed by atoms with van der Waals surface area (Å²) in [6, 6.07) is 47.0. The molecule has 0 saturated carbocycles. The third-order valence-corrected chi connectivity index (χ3v) is 9.18. The van der Waals surface area contributed by atoms with Crippen LogP contribution in [0.2, 0.25) is 0 Å². The van der Waals surface area contributed by atoms with Gasteiger partial charge < -0.3 is 9.13 Å². The predicted octanol–water partition coefficient (Wildman–Crippen LogP) is 9.21. The largest absolute Gasteiger partial charge is 0.310 e. The van der Waals surface area contributed by atoms with Gasteiger partial charge in [0, 0.05) is 38.1 Å². The van der Waals surface area contributed by atoms with E-state index >= 15 is 0 Å². The van der Waals surface area contributed by atoms with Gasteiger partial charge in [-0.1, -0.05) is 90.5 Å². The number of aryl methyl sites for hydroxylation is 1. The highest BCUT2D eigenvalue weighted by molar-refractivity contribution is 6.09. The Bertz CT molecular complexity index is 2510. The Balaban J connectivity index is 1.18. The summed E-state index contributed by atoms with van der Waals surface area (Å²) >= 11 is 0. The standard InChI is InChI=1S/C41H30N2/c1-27-14-22-40-36(24-27)34-10-4-6-12-38(34)42(40)32-19-15-29(16-20-32)31-18-23-41-37(26-31)35-11-5-7-13-39(35)43(41)33-21-17-28-8-2-3-9-30(28)25-33/h2-4,6,8-26H,5,7H2,1H3. The fourth-order valence-electron chi connectivity index (χ4n) is 7.14. The summed E-state index contributed by atoms with van der Waals surface area (Å²) in [7, 11) is 0. The maximum absolute atomic E-state index is 2.45. The van der Waals surface area contributed by atoms with Gasteiger partial charge in [0.15, 0.2) is 0 Å². The first-order valence-corrected chi connectivity index (χ1v) is 15.2. The molecule has 0 amide bonds. The summed E-state index contributed by atoms with van der Waals surface area (Å²) in [5, 5.41) is 9.13. The van der Waals surface area contributed by atoms with E-state index in [1.807, 2.05) is 0 Å². The van der Waals surface area contributed by atoms with Gasteiger partial charge in [-0.25, -0.2) is 0 Å². The number of hydrogen-bond donors (Lipinski definition) is 0. The van der Waals surface area contributed by atoms with Crippen molar-refractivity contribution >= 4 is 55.6 Å². The molecule has 43 heavy (non-hydrogen) atoms. The van der Waals surface area contributed by atoms with Crippen LogP contribution in [0.5, 0.6) is 0 Å². The van der Waals surface area contributed by atoms with Crippen LogP contribution in [0.25, 0.3) is 78.1 Å². The lowest BCUT2D eigenvalue weighted by Gasteiger charge is -2.11. The van der Waals surface area contributed by atoms with Gasteiger partial charge in [0.1, 0.15) is 0 Å². The van der Waals surface area contributed by atoms with Crippen LogP contribution in [-0.4, -0.2) is 9.13 Å². The maximum Gasteiger partial charge on any atom is 0.0541 e. The number of rotatable bonds is 3. The molecule has 0 saturated heterocycles. The lowest BCUT2D eigenvalue weighted by Crippen LogP contribution is -2.30. The molecule has 2 heterocycles. The molecule has 2 aromatic heterocycles. The first kappa shape index (κ1) is 24.3. The van der Waals surface area contributed by atoms with E-state index < -0.39 is 0 Å². The van der Waals surface area contributed by atoms with E-state index in [1.165, 1.54) is 82.1 Å². The van der Waals surface area contributed by atoms with Crippen molar-refractivity contribution in [2.45, 2.75) is 19.8 Å². The summed E-state index contributed by atoms with van der Waals surface area (Å²) in [4.78, 5) is 0. The van der Waals surface area contributed by atoms with E-state index in [2.05, 4.69) is 156 Å². The number of para-hydroxylation sites is 1. The van der Waals surface area contributed by atoms with Crippen molar-refractivity contribution in [1.29, 1.82) is 0 Å². The number of nitrogens with zero attached hydrogens (tertiary/aromatic N) is 2. The van der Waals surface area contributed by atoms with Crippen LogP contribution < -0.4 is 10.6 Å². The van der Waals surface area contributed by atoms with Gasteiger partial charge in [-0.3, -0.25) is 0 Å². The number of hydrogen-bond acceptors (Lipinski definition) is 0. The van der Waals surface area contributed by atoms with Crippen LogP contribution in [0.1, 0.15) is 18.4 Å². The van der Waals surface area contributed by atoms with Crippen LogP contribution >= 0.6 is 0 Å².